The Morgan fingerprint density at radius 1 is 1.11 bits per heavy atom. The topological polar surface area (TPSA) is 73.0 Å². The van der Waals surface area contributed by atoms with Crippen LogP contribution in [-0.2, 0) is 14.4 Å². The Hall–Kier alpha value is -1.63. The van der Waals surface area contributed by atoms with E-state index in [-0.39, 0.29) is 29.8 Å². The highest BCUT2D eigenvalue weighted by Crippen LogP contribution is 2.24. The number of nitrogens with one attached hydrogen (secondary N) is 1. The normalized spacial score (nSPS) is 25.9. The second-order valence-corrected chi connectivity index (χ2v) is 8.53. The van der Waals surface area contributed by atoms with Crippen LogP contribution in [0.3, 0.4) is 0 Å². The van der Waals surface area contributed by atoms with Gasteiger partial charge in [0.2, 0.25) is 17.7 Å². The summed E-state index contributed by atoms with van der Waals surface area (Å²) in [6, 6.07) is -0.246. The molecule has 2 atom stereocenters. The third-order valence-electron chi connectivity index (χ3n) is 5.99. The molecule has 0 radical (unpaired) electrons. The molecule has 3 rings (SSSR count). The van der Waals surface area contributed by atoms with E-state index in [2.05, 4.69) is 19.2 Å². The summed E-state index contributed by atoms with van der Waals surface area (Å²) in [5.41, 5.74) is 0. The average molecular weight is 379 g/mol. The van der Waals surface area contributed by atoms with Gasteiger partial charge in [-0.05, 0) is 38.0 Å². The maximum absolute atomic E-state index is 13.4. The number of piperazine rings is 1. The highest BCUT2D eigenvalue weighted by Gasteiger charge is 2.37. The molecule has 3 heterocycles. The van der Waals surface area contributed by atoms with Crippen LogP contribution in [0.25, 0.3) is 0 Å². The van der Waals surface area contributed by atoms with Gasteiger partial charge in [0.1, 0.15) is 6.04 Å². The first-order chi connectivity index (χ1) is 13.0. The van der Waals surface area contributed by atoms with E-state index in [4.69, 9.17) is 0 Å². The van der Waals surface area contributed by atoms with Gasteiger partial charge in [-0.3, -0.25) is 14.4 Å². The van der Waals surface area contributed by atoms with Gasteiger partial charge in [-0.15, -0.1) is 0 Å². The van der Waals surface area contributed by atoms with Gasteiger partial charge in [-0.2, -0.15) is 0 Å². The van der Waals surface area contributed by atoms with Gasteiger partial charge in [-0.25, -0.2) is 0 Å². The van der Waals surface area contributed by atoms with Crippen LogP contribution in [0.15, 0.2) is 0 Å². The van der Waals surface area contributed by atoms with Crippen LogP contribution in [-0.4, -0.2) is 83.8 Å². The molecule has 152 valence electrons. The van der Waals surface area contributed by atoms with Crippen molar-refractivity contribution in [2.45, 2.75) is 64.5 Å². The lowest BCUT2D eigenvalue weighted by Crippen LogP contribution is -2.60. The summed E-state index contributed by atoms with van der Waals surface area (Å²) < 4.78 is 0. The van der Waals surface area contributed by atoms with E-state index in [1.807, 2.05) is 14.7 Å². The van der Waals surface area contributed by atoms with Gasteiger partial charge in [0.15, 0.2) is 0 Å². The minimum absolute atomic E-state index is 0.0752. The van der Waals surface area contributed by atoms with Crippen LogP contribution in [0, 0.1) is 5.92 Å². The predicted molar refractivity (Wildman–Crippen MR) is 103 cm³/mol. The number of piperidine rings is 2. The summed E-state index contributed by atoms with van der Waals surface area (Å²) in [7, 11) is 0. The van der Waals surface area contributed by atoms with Crippen molar-refractivity contribution < 1.29 is 14.4 Å². The van der Waals surface area contributed by atoms with Crippen molar-refractivity contribution in [1.82, 2.24) is 20.0 Å². The molecule has 27 heavy (non-hydrogen) atoms. The molecule has 3 saturated heterocycles. The van der Waals surface area contributed by atoms with Gasteiger partial charge in [-0.1, -0.05) is 13.8 Å². The van der Waals surface area contributed by atoms with Crippen molar-refractivity contribution in [3.05, 3.63) is 0 Å². The number of likely N-dealkylation sites (tertiary alicyclic amines) is 2. The molecule has 7 nitrogen and oxygen atoms in total. The molecule has 3 aliphatic heterocycles. The third kappa shape index (κ3) is 4.81. The number of amides is 3. The Labute approximate surface area is 162 Å². The molecule has 3 fully saturated rings. The first-order valence-corrected chi connectivity index (χ1v) is 10.6. The van der Waals surface area contributed by atoms with Crippen LogP contribution in [0.5, 0.6) is 0 Å². The zero-order valence-corrected chi connectivity index (χ0v) is 16.8. The van der Waals surface area contributed by atoms with Crippen molar-refractivity contribution in [3.8, 4) is 0 Å². The van der Waals surface area contributed by atoms with E-state index in [1.54, 1.807) is 0 Å². The number of carbonyl (C=O) groups is 3. The lowest BCUT2D eigenvalue weighted by atomic mass is 9.96. The van der Waals surface area contributed by atoms with Crippen LogP contribution < -0.4 is 5.32 Å². The second-order valence-electron chi connectivity index (χ2n) is 8.53. The molecule has 0 aromatic rings. The van der Waals surface area contributed by atoms with Gasteiger partial charge in [0, 0.05) is 45.2 Å². The predicted octanol–water partition coefficient (Wildman–Crippen LogP) is 0.836. The molecule has 0 bridgehead atoms. The van der Waals surface area contributed by atoms with Crippen molar-refractivity contribution in [2.75, 3.05) is 39.3 Å². The molecule has 2 unspecified atom stereocenters. The molecule has 0 aromatic carbocycles. The third-order valence-corrected chi connectivity index (χ3v) is 5.99. The van der Waals surface area contributed by atoms with Crippen molar-refractivity contribution >= 4 is 17.7 Å². The molecule has 1 N–H and O–H groups in total. The zero-order valence-electron chi connectivity index (χ0n) is 16.8. The largest absolute Gasteiger partial charge is 0.339 e. The zero-order chi connectivity index (χ0) is 19.4. The van der Waals surface area contributed by atoms with Crippen LogP contribution >= 0.6 is 0 Å². The number of carbonyl (C=O) groups excluding carboxylic acids is 3. The van der Waals surface area contributed by atoms with Crippen LogP contribution in [0.1, 0.15) is 52.4 Å². The summed E-state index contributed by atoms with van der Waals surface area (Å²) in [6.07, 6.45) is 5.03. The van der Waals surface area contributed by atoms with Crippen molar-refractivity contribution in [2.24, 2.45) is 5.92 Å². The highest BCUT2D eigenvalue weighted by molar-refractivity contribution is 5.88. The maximum atomic E-state index is 13.4. The Morgan fingerprint density at radius 2 is 1.93 bits per heavy atom. The fourth-order valence-electron chi connectivity index (χ4n) is 4.59. The number of hydrogen-bond donors (Lipinski definition) is 1. The molecule has 3 amide bonds. The van der Waals surface area contributed by atoms with E-state index >= 15 is 0 Å². The lowest BCUT2D eigenvalue weighted by molar-refractivity contribution is -0.150. The van der Waals surface area contributed by atoms with E-state index in [0.29, 0.717) is 44.9 Å². The summed E-state index contributed by atoms with van der Waals surface area (Å²) >= 11 is 0. The molecule has 0 aromatic heterocycles. The summed E-state index contributed by atoms with van der Waals surface area (Å²) in [5, 5.41) is 3.11. The number of rotatable bonds is 5. The second kappa shape index (κ2) is 9.04. The lowest BCUT2D eigenvalue weighted by Gasteiger charge is -2.43. The van der Waals surface area contributed by atoms with E-state index in [9.17, 15) is 14.4 Å². The maximum Gasteiger partial charge on any atom is 0.245 e. The van der Waals surface area contributed by atoms with E-state index in [0.717, 1.165) is 38.8 Å². The summed E-state index contributed by atoms with van der Waals surface area (Å²) in [4.78, 5) is 43.8. The minimum Gasteiger partial charge on any atom is -0.339 e. The highest BCUT2D eigenvalue weighted by atomic mass is 16.2. The van der Waals surface area contributed by atoms with Crippen molar-refractivity contribution in [3.63, 3.8) is 0 Å². The van der Waals surface area contributed by atoms with Crippen molar-refractivity contribution in [1.29, 1.82) is 0 Å². The molecular formula is C20H34N4O3. The van der Waals surface area contributed by atoms with E-state index < -0.39 is 0 Å². The summed E-state index contributed by atoms with van der Waals surface area (Å²) in [5.74, 6) is 0.673. The molecule has 0 aliphatic carbocycles. The first-order valence-electron chi connectivity index (χ1n) is 10.6. The van der Waals surface area contributed by atoms with E-state index in [1.165, 1.54) is 0 Å². The van der Waals surface area contributed by atoms with Gasteiger partial charge in [0.25, 0.3) is 0 Å². The Kier molecular flexibility index (Phi) is 6.73. The number of nitrogens with zero attached hydrogens (tertiary/aromatic N) is 3. The van der Waals surface area contributed by atoms with Gasteiger partial charge in [0.05, 0.1) is 6.54 Å². The minimum atomic E-state index is -0.352. The fraction of sp³-hybridized carbons (Fsp3) is 0.850. The molecule has 7 heteroatoms. The van der Waals surface area contributed by atoms with Gasteiger partial charge < -0.3 is 20.0 Å². The van der Waals surface area contributed by atoms with Gasteiger partial charge >= 0.3 is 0 Å². The standard InChI is InChI=1S/C20H34N4O3/c1-15(2)12-17(24-10-4-3-7-18(24)25)20(27)22-9-5-6-16(14-22)23-11-8-21-13-19(23)26/h15-17,21H,3-14H2,1-2H3. The monoisotopic (exact) mass is 378 g/mol. The Morgan fingerprint density at radius 3 is 2.63 bits per heavy atom. The Bertz CT molecular complexity index is 565. The molecule has 0 saturated carbocycles. The smallest absolute Gasteiger partial charge is 0.245 e. The molecule has 0 spiro atoms. The average Bonchev–Trinajstić information content (AvgIpc) is 2.66. The number of hydrogen-bond acceptors (Lipinski definition) is 4. The fourth-order valence-corrected chi connectivity index (χ4v) is 4.59. The molecule has 3 aliphatic rings. The first kappa shape index (κ1) is 20.1. The quantitative estimate of drug-likeness (QED) is 0.769. The Balaban J connectivity index is 1.70. The summed E-state index contributed by atoms with van der Waals surface area (Å²) in [6.45, 7) is 8.14. The van der Waals surface area contributed by atoms with Crippen LogP contribution in [0.2, 0.25) is 0 Å². The SMILES string of the molecule is CC(C)CC(C(=O)N1CCCC(N2CCNCC2=O)C1)N1CCCCC1=O. The van der Waals surface area contributed by atoms with Crippen LogP contribution in [0.4, 0.5) is 0 Å². The molecular weight excluding hydrogens is 344 g/mol.